The van der Waals surface area contributed by atoms with E-state index in [-0.39, 0.29) is 5.78 Å². The molecule has 0 aliphatic carbocycles. The minimum Gasteiger partial charge on any atom is -0.493 e. The van der Waals surface area contributed by atoms with Gasteiger partial charge in [0, 0.05) is 52.3 Å². The zero-order valence-corrected chi connectivity index (χ0v) is 22.0. The number of hydrogen-bond donors (Lipinski definition) is 2. The van der Waals surface area contributed by atoms with Gasteiger partial charge in [-0.1, -0.05) is 30.4 Å². The van der Waals surface area contributed by atoms with E-state index in [0.717, 1.165) is 22.0 Å². The highest BCUT2D eigenvalue weighted by atomic mass is 16.5. The zero-order valence-electron chi connectivity index (χ0n) is 22.0. The van der Waals surface area contributed by atoms with E-state index in [4.69, 9.17) is 23.7 Å². The van der Waals surface area contributed by atoms with Crippen molar-refractivity contribution < 1.29 is 28.5 Å². The van der Waals surface area contributed by atoms with Crippen molar-refractivity contribution >= 4 is 34.5 Å². The molecule has 0 radical (unpaired) electrons. The number of aromatic nitrogens is 1. The number of para-hydroxylation sites is 1. The quantitative estimate of drug-likeness (QED) is 0.140. The number of aromatic amines is 1. The second kappa shape index (κ2) is 11.9. The monoisotopic (exact) mass is 514 g/mol. The lowest BCUT2D eigenvalue weighted by atomic mass is 10.1. The molecule has 38 heavy (non-hydrogen) atoms. The summed E-state index contributed by atoms with van der Waals surface area (Å²) in [6.45, 7) is 0. The molecular weight excluding hydrogens is 484 g/mol. The first-order valence-corrected chi connectivity index (χ1v) is 11.8. The number of ketones is 1. The van der Waals surface area contributed by atoms with E-state index in [0.29, 0.717) is 40.0 Å². The first-order chi connectivity index (χ1) is 18.5. The van der Waals surface area contributed by atoms with Crippen LogP contribution in [0.3, 0.4) is 0 Å². The summed E-state index contributed by atoms with van der Waals surface area (Å²) in [5.41, 5.74) is 3.88. The molecule has 0 saturated heterocycles. The minimum absolute atomic E-state index is 0.120. The molecular formula is C30H30N2O6. The highest BCUT2D eigenvalue weighted by Gasteiger charge is 2.13. The molecule has 4 rings (SSSR count). The summed E-state index contributed by atoms with van der Waals surface area (Å²) < 4.78 is 27.3. The Kier molecular flexibility index (Phi) is 8.23. The molecule has 196 valence electrons. The second-order valence-corrected chi connectivity index (χ2v) is 8.18. The summed E-state index contributed by atoms with van der Waals surface area (Å²) in [5.74, 6) is 2.63. The van der Waals surface area contributed by atoms with Gasteiger partial charge in [0.05, 0.1) is 35.5 Å². The summed E-state index contributed by atoms with van der Waals surface area (Å²) in [7, 11) is 7.87. The number of H-pyrrole nitrogens is 1. The Balaban J connectivity index is 1.64. The smallest absolute Gasteiger partial charge is 0.203 e. The number of hydrogen-bond acceptors (Lipinski definition) is 7. The van der Waals surface area contributed by atoms with Crippen LogP contribution in [0.15, 0.2) is 67.0 Å². The Morgan fingerprint density at radius 2 is 1.45 bits per heavy atom. The van der Waals surface area contributed by atoms with Crippen molar-refractivity contribution in [1.82, 2.24) is 4.98 Å². The van der Waals surface area contributed by atoms with Crippen molar-refractivity contribution in [3.05, 3.63) is 83.7 Å². The summed E-state index contributed by atoms with van der Waals surface area (Å²) in [6, 6.07) is 15.1. The van der Waals surface area contributed by atoms with E-state index >= 15 is 0 Å². The van der Waals surface area contributed by atoms with Gasteiger partial charge in [0.15, 0.2) is 28.8 Å². The van der Waals surface area contributed by atoms with E-state index < -0.39 is 0 Å². The summed E-state index contributed by atoms with van der Waals surface area (Å²) in [6.07, 6.45) is 8.67. The van der Waals surface area contributed by atoms with Crippen LogP contribution in [0.1, 0.15) is 21.5 Å². The van der Waals surface area contributed by atoms with Crippen LogP contribution in [-0.4, -0.2) is 46.3 Å². The number of benzene rings is 3. The van der Waals surface area contributed by atoms with E-state index in [1.165, 1.54) is 6.08 Å². The van der Waals surface area contributed by atoms with Gasteiger partial charge in [-0.2, -0.15) is 0 Å². The number of nitrogens with one attached hydrogen (secondary N) is 2. The standard InChI is InChI=1S/C30H30N2O6/c1-34-26-16-20(11-10-19-14-28(36-3)30(38-5)29(15-19)37-4)24(17-27(26)35-2)31-13-12-25(33)22-18-32-23-9-7-6-8-21(22)23/h6-18,31-32H,1-5H3. The Labute approximate surface area is 221 Å². The fraction of sp³-hybridized carbons (Fsp3) is 0.167. The number of rotatable bonds is 11. The van der Waals surface area contributed by atoms with Gasteiger partial charge in [-0.25, -0.2) is 0 Å². The molecule has 0 spiro atoms. The first kappa shape index (κ1) is 26.2. The molecule has 0 atom stereocenters. The summed E-state index contributed by atoms with van der Waals surface area (Å²) >= 11 is 0. The van der Waals surface area contributed by atoms with Crippen molar-refractivity contribution in [2.45, 2.75) is 0 Å². The van der Waals surface area contributed by atoms with Crippen LogP contribution in [0.25, 0.3) is 23.1 Å². The Bertz CT molecular complexity index is 1480. The lowest BCUT2D eigenvalue weighted by molar-refractivity contribution is 0.104. The normalized spacial score (nSPS) is 11.2. The fourth-order valence-corrected chi connectivity index (χ4v) is 4.11. The number of anilines is 1. The molecule has 4 aromatic rings. The predicted octanol–water partition coefficient (Wildman–Crippen LogP) is 6.19. The largest absolute Gasteiger partial charge is 0.493 e. The van der Waals surface area contributed by atoms with E-state index in [2.05, 4.69) is 10.3 Å². The summed E-state index contributed by atoms with van der Waals surface area (Å²) in [5, 5.41) is 4.09. The highest BCUT2D eigenvalue weighted by Crippen LogP contribution is 2.39. The maximum atomic E-state index is 12.9. The van der Waals surface area contributed by atoms with Crippen molar-refractivity contribution in [3.8, 4) is 28.7 Å². The average Bonchev–Trinajstić information content (AvgIpc) is 3.39. The van der Waals surface area contributed by atoms with Gasteiger partial charge in [0.25, 0.3) is 0 Å². The Morgan fingerprint density at radius 1 is 0.789 bits per heavy atom. The van der Waals surface area contributed by atoms with Gasteiger partial charge in [-0.3, -0.25) is 4.79 Å². The van der Waals surface area contributed by atoms with E-state index in [1.807, 2.05) is 60.7 Å². The number of carbonyl (C=O) groups is 1. The molecule has 0 saturated carbocycles. The third kappa shape index (κ3) is 5.44. The fourth-order valence-electron chi connectivity index (χ4n) is 4.11. The molecule has 0 aliphatic rings. The van der Waals surface area contributed by atoms with Gasteiger partial charge in [0.1, 0.15) is 0 Å². The second-order valence-electron chi connectivity index (χ2n) is 8.18. The van der Waals surface area contributed by atoms with Crippen molar-refractivity contribution in [1.29, 1.82) is 0 Å². The SMILES string of the molecule is COc1cc(C=Cc2cc(OC)c(OC)c(OC)c2)c(NC=CC(=O)c2c[nH]c3ccccc23)cc1OC. The van der Waals surface area contributed by atoms with Gasteiger partial charge in [0.2, 0.25) is 5.75 Å². The molecule has 8 heteroatoms. The van der Waals surface area contributed by atoms with Crippen LogP contribution in [0.5, 0.6) is 28.7 Å². The third-order valence-electron chi connectivity index (χ3n) is 6.03. The predicted molar refractivity (Wildman–Crippen MR) is 150 cm³/mol. The molecule has 0 aliphatic heterocycles. The number of carbonyl (C=O) groups excluding carboxylic acids is 1. The van der Waals surface area contributed by atoms with Crippen molar-refractivity contribution in [2.75, 3.05) is 40.9 Å². The van der Waals surface area contributed by atoms with Crippen LogP contribution < -0.4 is 29.0 Å². The first-order valence-electron chi connectivity index (χ1n) is 11.8. The van der Waals surface area contributed by atoms with Crippen LogP contribution in [-0.2, 0) is 0 Å². The van der Waals surface area contributed by atoms with Crippen molar-refractivity contribution in [2.24, 2.45) is 0 Å². The maximum Gasteiger partial charge on any atom is 0.203 e. The molecule has 1 aromatic heterocycles. The number of fused-ring (bicyclic) bond motifs is 1. The lowest BCUT2D eigenvalue weighted by Crippen LogP contribution is -1.98. The third-order valence-corrected chi connectivity index (χ3v) is 6.03. The molecule has 0 unspecified atom stereocenters. The van der Waals surface area contributed by atoms with E-state index in [9.17, 15) is 4.79 Å². The molecule has 1 heterocycles. The lowest BCUT2D eigenvalue weighted by Gasteiger charge is -2.14. The van der Waals surface area contributed by atoms with Crippen LogP contribution >= 0.6 is 0 Å². The summed E-state index contributed by atoms with van der Waals surface area (Å²) in [4.78, 5) is 16.0. The maximum absolute atomic E-state index is 12.9. The minimum atomic E-state index is -0.120. The van der Waals surface area contributed by atoms with E-state index in [1.54, 1.807) is 47.9 Å². The average molecular weight is 515 g/mol. The molecule has 8 nitrogen and oxygen atoms in total. The highest BCUT2D eigenvalue weighted by molar-refractivity contribution is 6.13. The molecule has 2 N–H and O–H groups in total. The molecule has 3 aromatic carbocycles. The molecule has 0 fully saturated rings. The van der Waals surface area contributed by atoms with Gasteiger partial charge in [-0.15, -0.1) is 0 Å². The van der Waals surface area contributed by atoms with Crippen LogP contribution in [0.4, 0.5) is 5.69 Å². The van der Waals surface area contributed by atoms with Gasteiger partial charge in [-0.05, 0) is 29.8 Å². The van der Waals surface area contributed by atoms with Crippen LogP contribution in [0.2, 0.25) is 0 Å². The van der Waals surface area contributed by atoms with Gasteiger partial charge < -0.3 is 34.0 Å². The van der Waals surface area contributed by atoms with Crippen molar-refractivity contribution in [3.63, 3.8) is 0 Å². The Hall–Kier alpha value is -4.85. The number of allylic oxidation sites excluding steroid dienone is 1. The molecule has 0 bridgehead atoms. The van der Waals surface area contributed by atoms with Crippen LogP contribution in [0, 0.1) is 0 Å². The topological polar surface area (TPSA) is 91.0 Å². The number of ether oxygens (including phenoxy) is 5. The Morgan fingerprint density at radius 3 is 2.11 bits per heavy atom. The van der Waals surface area contributed by atoms with Gasteiger partial charge >= 0.3 is 0 Å². The zero-order chi connectivity index (χ0) is 27.1. The number of methoxy groups -OCH3 is 5. The molecule has 0 amide bonds.